The summed E-state index contributed by atoms with van der Waals surface area (Å²) in [7, 11) is 0. The maximum absolute atomic E-state index is 14.4. The second-order valence-electron chi connectivity index (χ2n) is 39.4. The smallest absolute Gasteiger partial charge is 0.224 e. The molecule has 646 valence electrons. The highest BCUT2D eigenvalue weighted by atomic mass is 16.2. The van der Waals surface area contributed by atoms with Crippen LogP contribution in [-0.4, -0.2) is 20.9 Å². The second kappa shape index (κ2) is 64.9. The third kappa shape index (κ3) is 40.3. The van der Waals surface area contributed by atoms with Crippen molar-refractivity contribution in [2.24, 2.45) is 35.5 Å². The van der Waals surface area contributed by atoms with Crippen LogP contribution in [0, 0.1) is 35.5 Å². The minimum atomic E-state index is 0.109. The van der Waals surface area contributed by atoms with Gasteiger partial charge in [0.2, 0.25) is 5.91 Å². The first-order valence-electron chi connectivity index (χ1n) is 52.6. The lowest BCUT2D eigenvalue weighted by molar-refractivity contribution is -0.116. The largest absolute Gasteiger partial charge is 0.308 e. The zero-order chi connectivity index (χ0) is 78.4. The minimum absolute atomic E-state index is 0.109. The highest BCUT2D eigenvalue weighted by Gasteiger charge is 2.47. The quantitative estimate of drug-likeness (QED) is 0.237. The van der Waals surface area contributed by atoms with Gasteiger partial charge in [-0.05, 0) is 47.1 Å². The number of fused-ring (bicyclic) bond motifs is 5. The van der Waals surface area contributed by atoms with Crippen molar-refractivity contribution in [3.05, 3.63) is 54.1 Å². The predicted molar refractivity (Wildman–Crippen MR) is 496 cm³/mol. The van der Waals surface area contributed by atoms with Gasteiger partial charge in [0.05, 0.1) is 24.0 Å². The third-order valence-corrected chi connectivity index (χ3v) is 30.0. The van der Waals surface area contributed by atoms with Gasteiger partial charge in [-0.25, -0.2) is 4.68 Å². The van der Waals surface area contributed by atoms with E-state index in [2.05, 4.69) is 58.1 Å². The summed E-state index contributed by atoms with van der Waals surface area (Å²) in [6.45, 7) is 2.38. The van der Waals surface area contributed by atoms with E-state index >= 15 is 0 Å². The SMILES string of the molecule is CC(=O)N1Cc2ccccc2-c2c(nnn2C(C(C2CCCCCCCCCCCCCCCCCCCCC2)C2CCCCCCCCCCCCCCCCCCCCC2)C(C2CCCCCCCCCCCCCCCCCCCCC2)C2CCCCCCCCCCCCCCCCCCCCC2)-c2ccccc21. The maximum Gasteiger partial charge on any atom is 0.224 e. The van der Waals surface area contributed by atoms with Gasteiger partial charge in [0.1, 0.15) is 5.69 Å². The van der Waals surface area contributed by atoms with E-state index in [0.29, 0.717) is 42.1 Å². The van der Waals surface area contributed by atoms with E-state index in [1.165, 1.54) is 556 Å². The first-order chi connectivity index (χ1) is 56.2. The number of carbonyl (C=O) groups excluding carboxylic acids is 1. The lowest BCUT2D eigenvalue weighted by atomic mass is 9.60. The number of anilines is 1. The Morgan fingerprint density at radius 2 is 0.460 bits per heavy atom. The molecule has 0 atom stereocenters. The second-order valence-corrected chi connectivity index (χ2v) is 39.4. The van der Waals surface area contributed by atoms with Crippen LogP contribution >= 0.6 is 0 Å². The fourth-order valence-corrected chi connectivity index (χ4v) is 23.1. The molecule has 0 spiro atoms. The number of para-hydroxylation sites is 1. The number of hydrogen-bond acceptors (Lipinski definition) is 3. The van der Waals surface area contributed by atoms with Crippen LogP contribution in [0.3, 0.4) is 0 Å². The summed E-state index contributed by atoms with van der Waals surface area (Å²) in [5, 5.41) is 12.1. The fourth-order valence-electron chi connectivity index (χ4n) is 23.1. The van der Waals surface area contributed by atoms with Crippen molar-refractivity contribution in [1.82, 2.24) is 15.0 Å². The average molecular weight is 1560 g/mol. The molecule has 1 aromatic heterocycles. The van der Waals surface area contributed by atoms with Gasteiger partial charge in [-0.3, -0.25) is 4.79 Å². The number of carbonyl (C=O) groups is 1. The molecule has 5 heteroatoms. The fraction of sp³-hybridized carbons (Fsp3) is 0.861. The average Bonchev–Trinajstić information content (AvgIpc) is 1.65. The number of amides is 1. The van der Waals surface area contributed by atoms with Crippen LogP contribution in [0.25, 0.3) is 22.5 Å². The predicted octanol–water partition coefficient (Wildman–Crippen LogP) is 36.5. The van der Waals surface area contributed by atoms with Crippen LogP contribution < -0.4 is 4.90 Å². The maximum atomic E-state index is 14.4. The van der Waals surface area contributed by atoms with E-state index in [1.807, 2.05) is 0 Å². The Bertz CT molecular complexity index is 2400. The highest BCUT2D eigenvalue weighted by molar-refractivity contribution is 5.99. The lowest BCUT2D eigenvalue weighted by Gasteiger charge is -2.48. The molecule has 0 N–H and O–H groups in total. The zero-order valence-corrected chi connectivity index (χ0v) is 75.5. The van der Waals surface area contributed by atoms with Crippen LogP contribution in [0.5, 0.6) is 0 Å². The molecule has 5 aliphatic rings. The highest BCUT2D eigenvalue weighted by Crippen LogP contribution is 2.55. The summed E-state index contributed by atoms with van der Waals surface area (Å²) in [6, 6.07) is 18.8. The van der Waals surface area contributed by atoms with Crippen molar-refractivity contribution < 1.29 is 4.79 Å². The number of nitrogens with zero attached hydrogens (tertiary/aromatic N) is 4. The molecule has 0 bridgehead atoms. The molecule has 2 aromatic carbocycles. The normalized spacial score (nSPS) is 23.0. The first kappa shape index (κ1) is 95.5. The Hall–Kier alpha value is -2.95. The van der Waals surface area contributed by atoms with E-state index in [1.54, 1.807) is 6.92 Å². The molecule has 0 radical (unpaired) electrons. The van der Waals surface area contributed by atoms with Crippen molar-refractivity contribution in [3.8, 4) is 22.5 Å². The number of benzene rings is 2. The summed E-state index contributed by atoms with van der Waals surface area (Å²) < 4.78 is 2.90. The standard InChI is InChI=1S/C108H188N4O/c1-95(113)111-94-100-90-78-79-91-101(100)107-106(102-92-80-81-93-103(102)111)109-110-112(107)108(104(96-82-70-62-54-46-38-30-22-14-6-2-7-15-23-31-39-47-55-63-71-83-96)97-84-72-64-56-48-40-32-24-16-8-3-9-17-25-33-41-49-57-65-73-85-97)105(98-86-74-66-58-50-42-34-26-18-10-4-11-19-27-35-43-51-59-67-75-87-98)99-88-76-68-60-52-44-36-28-20-12-5-13-21-29-37-45-53-61-69-77-89-99/h78-81,90-93,96-99,104-105,108H,2-77,82-89,94H2,1H3. The molecule has 1 amide bonds. The van der Waals surface area contributed by atoms with Crippen molar-refractivity contribution in [3.63, 3.8) is 0 Å². The van der Waals surface area contributed by atoms with Crippen LogP contribution in [0.4, 0.5) is 5.69 Å². The van der Waals surface area contributed by atoms with E-state index in [4.69, 9.17) is 10.3 Å². The van der Waals surface area contributed by atoms with Crippen LogP contribution in [-0.2, 0) is 11.3 Å². The summed E-state index contributed by atoms with van der Waals surface area (Å²) in [4.78, 5) is 16.5. The Morgan fingerprint density at radius 3 is 0.681 bits per heavy atom. The number of hydrogen-bond donors (Lipinski definition) is 0. The molecule has 113 heavy (non-hydrogen) atoms. The van der Waals surface area contributed by atoms with Gasteiger partial charge in [-0.2, -0.15) is 0 Å². The molecule has 4 fully saturated rings. The lowest BCUT2D eigenvalue weighted by Crippen LogP contribution is -2.43. The van der Waals surface area contributed by atoms with Gasteiger partial charge < -0.3 is 4.90 Å². The van der Waals surface area contributed by atoms with Gasteiger partial charge in [-0.1, -0.05) is 587 Å². The molecule has 0 saturated heterocycles. The van der Waals surface area contributed by atoms with Crippen molar-refractivity contribution >= 4 is 11.6 Å². The number of rotatable bonds is 7. The molecule has 8 rings (SSSR count). The summed E-state index contributed by atoms with van der Waals surface area (Å²) in [5.41, 5.74) is 7.03. The Kier molecular flexibility index (Phi) is 54.9. The molecule has 4 aliphatic carbocycles. The van der Waals surface area contributed by atoms with Gasteiger partial charge in [0, 0.05) is 18.1 Å². The summed E-state index contributed by atoms with van der Waals surface area (Å²) >= 11 is 0. The van der Waals surface area contributed by atoms with E-state index in [9.17, 15) is 4.79 Å². The molecule has 2 heterocycles. The van der Waals surface area contributed by atoms with Gasteiger partial charge in [0.25, 0.3) is 0 Å². The van der Waals surface area contributed by atoms with Crippen molar-refractivity contribution in [1.29, 1.82) is 0 Å². The molecule has 3 aromatic rings. The van der Waals surface area contributed by atoms with Crippen molar-refractivity contribution in [2.75, 3.05) is 4.90 Å². The molecule has 1 aliphatic heterocycles. The Labute approximate surface area is 703 Å². The molecular formula is C108H188N4O. The molecule has 0 unspecified atom stereocenters. The topological polar surface area (TPSA) is 51.0 Å². The van der Waals surface area contributed by atoms with E-state index in [0.717, 1.165) is 16.9 Å². The monoisotopic (exact) mass is 1560 g/mol. The Morgan fingerprint density at radius 1 is 0.265 bits per heavy atom. The zero-order valence-electron chi connectivity index (χ0n) is 75.5. The van der Waals surface area contributed by atoms with Crippen LogP contribution in [0.15, 0.2) is 48.5 Å². The molecule has 5 nitrogen and oxygen atoms in total. The molecular weight excluding hydrogens is 1370 g/mol. The first-order valence-corrected chi connectivity index (χ1v) is 52.6. The van der Waals surface area contributed by atoms with Gasteiger partial charge >= 0.3 is 0 Å². The summed E-state index contributed by atoms with van der Waals surface area (Å²) in [6.07, 6.45) is 120. The summed E-state index contributed by atoms with van der Waals surface area (Å²) in [5.74, 6) is 3.74. The van der Waals surface area contributed by atoms with Crippen molar-refractivity contribution in [2.45, 2.75) is 559 Å². The van der Waals surface area contributed by atoms with E-state index in [-0.39, 0.29) is 11.9 Å². The van der Waals surface area contributed by atoms with E-state index < -0.39 is 0 Å². The van der Waals surface area contributed by atoms with Crippen LogP contribution in [0.1, 0.15) is 558 Å². The van der Waals surface area contributed by atoms with Gasteiger partial charge in [-0.15, -0.1) is 5.10 Å². The van der Waals surface area contributed by atoms with Crippen LogP contribution in [0.2, 0.25) is 0 Å². The number of aromatic nitrogens is 3. The molecule has 4 saturated carbocycles. The Balaban J connectivity index is 1.36. The van der Waals surface area contributed by atoms with Gasteiger partial charge in [0.15, 0.2) is 0 Å². The minimum Gasteiger partial charge on any atom is -0.308 e. The third-order valence-electron chi connectivity index (χ3n) is 30.0.